The number of hydrogen-bond donors (Lipinski definition) is 1. The van der Waals surface area contributed by atoms with E-state index in [1.54, 1.807) is 52.0 Å². The van der Waals surface area contributed by atoms with Gasteiger partial charge < -0.3 is 9.47 Å². The van der Waals surface area contributed by atoms with E-state index >= 15 is 0 Å². The Bertz CT molecular complexity index is 961. The van der Waals surface area contributed by atoms with Crippen molar-refractivity contribution < 1.29 is 19.1 Å². The molecule has 0 saturated carbocycles. The summed E-state index contributed by atoms with van der Waals surface area (Å²) in [6.07, 6.45) is -1.83. The van der Waals surface area contributed by atoms with E-state index < -0.39 is 17.8 Å². The first-order valence-electron chi connectivity index (χ1n) is 10.1. The number of alkyl carbamates (subject to hydrolysis) is 1. The standard InChI is InChI=1S/C23H26ClN3O4/c1-15(2)30-21(28)25-23(18-10-12-19(24)13-11-18)14-20(17-8-6-5-7-9-17)26-27(23)22(29)31-16(3)4/h5-13,15-16H,14H2,1-4H3,(H,25,28). The Morgan fingerprint density at radius 2 is 1.61 bits per heavy atom. The first-order valence-corrected chi connectivity index (χ1v) is 10.5. The van der Waals surface area contributed by atoms with E-state index in [0.29, 0.717) is 16.3 Å². The second kappa shape index (κ2) is 9.39. The first kappa shape index (κ1) is 22.6. The van der Waals surface area contributed by atoms with Gasteiger partial charge in [0.05, 0.1) is 17.9 Å². The van der Waals surface area contributed by atoms with Crippen LogP contribution in [0.5, 0.6) is 0 Å². The maximum Gasteiger partial charge on any atom is 0.433 e. The predicted molar refractivity (Wildman–Crippen MR) is 119 cm³/mol. The molecule has 0 aliphatic carbocycles. The van der Waals surface area contributed by atoms with Gasteiger partial charge in [-0.25, -0.2) is 9.59 Å². The molecule has 1 heterocycles. The lowest BCUT2D eigenvalue weighted by Gasteiger charge is -2.36. The van der Waals surface area contributed by atoms with Gasteiger partial charge in [0.1, 0.15) is 0 Å². The predicted octanol–water partition coefficient (Wildman–Crippen LogP) is 5.28. The Hall–Kier alpha value is -3.06. The molecule has 2 aromatic carbocycles. The minimum absolute atomic E-state index is 0.221. The van der Waals surface area contributed by atoms with Gasteiger partial charge in [-0.3, -0.25) is 5.32 Å². The topological polar surface area (TPSA) is 80.2 Å². The Morgan fingerprint density at radius 1 is 1.00 bits per heavy atom. The molecule has 7 nitrogen and oxygen atoms in total. The number of nitrogens with zero attached hydrogens (tertiary/aromatic N) is 2. The SMILES string of the molecule is CC(C)OC(=O)NC1(c2ccc(Cl)cc2)CC(c2ccccc2)=NN1C(=O)OC(C)C. The summed E-state index contributed by atoms with van der Waals surface area (Å²) in [5.41, 5.74) is 0.738. The largest absolute Gasteiger partial charge is 0.447 e. The highest BCUT2D eigenvalue weighted by atomic mass is 35.5. The lowest BCUT2D eigenvalue weighted by Crippen LogP contribution is -2.56. The number of amides is 2. The van der Waals surface area contributed by atoms with Gasteiger partial charge in [-0.1, -0.05) is 54.1 Å². The number of halogens is 1. The number of carbonyl (C=O) groups excluding carboxylic acids is 2. The van der Waals surface area contributed by atoms with Crippen molar-refractivity contribution in [3.8, 4) is 0 Å². The van der Waals surface area contributed by atoms with Gasteiger partial charge in [0.25, 0.3) is 0 Å². The van der Waals surface area contributed by atoms with Gasteiger partial charge in [-0.05, 0) is 45.4 Å². The molecular formula is C23H26ClN3O4. The zero-order chi connectivity index (χ0) is 22.6. The van der Waals surface area contributed by atoms with Crippen LogP contribution in [0.3, 0.4) is 0 Å². The summed E-state index contributed by atoms with van der Waals surface area (Å²) in [6, 6.07) is 16.4. The molecule has 0 fully saturated rings. The summed E-state index contributed by atoms with van der Waals surface area (Å²) in [5.74, 6) is 0. The van der Waals surface area contributed by atoms with Crippen molar-refractivity contribution in [1.29, 1.82) is 0 Å². The number of rotatable bonds is 5. The number of carbonyl (C=O) groups is 2. The molecule has 0 spiro atoms. The zero-order valence-electron chi connectivity index (χ0n) is 18.0. The van der Waals surface area contributed by atoms with E-state index in [4.69, 9.17) is 21.1 Å². The van der Waals surface area contributed by atoms with Crippen molar-refractivity contribution in [3.05, 3.63) is 70.7 Å². The fourth-order valence-corrected chi connectivity index (χ4v) is 3.45. The molecule has 31 heavy (non-hydrogen) atoms. The molecule has 2 amide bonds. The lowest BCUT2D eigenvalue weighted by atomic mass is 9.92. The Balaban J connectivity index is 2.11. The van der Waals surface area contributed by atoms with Crippen LogP contribution in [0, 0.1) is 0 Å². The minimum atomic E-state index is -1.34. The number of hydrogen-bond acceptors (Lipinski definition) is 5. The highest BCUT2D eigenvalue weighted by Crippen LogP contribution is 2.38. The third kappa shape index (κ3) is 5.17. The summed E-state index contributed by atoms with van der Waals surface area (Å²) in [5, 5.41) is 9.15. The van der Waals surface area contributed by atoms with Crippen LogP contribution in [0.25, 0.3) is 0 Å². The molecule has 1 aliphatic heterocycles. The van der Waals surface area contributed by atoms with Crippen molar-refractivity contribution in [1.82, 2.24) is 10.3 Å². The second-order valence-electron chi connectivity index (χ2n) is 7.78. The van der Waals surface area contributed by atoms with E-state index in [1.807, 2.05) is 30.3 Å². The van der Waals surface area contributed by atoms with Gasteiger partial charge in [-0.2, -0.15) is 10.1 Å². The molecule has 8 heteroatoms. The summed E-state index contributed by atoms with van der Waals surface area (Å²) in [6.45, 7) is 7.00. The molecule has 1 aliphatic rings. The molecule has 164 valence electrons. The molecule has 2 aromatic rings. The maximum absolute atomic E-state index is 13.1. The summed E-state index contributed by atoms with van der Waals surface area (Å²) < 4.78 is 10.8. The van der Waals surface area contributed by atoms with Crippen LogP contribution in [0.4, 0.5) is 9.59 Å². The van der Waals surface area contributed by atoms with Crippen LogP contribution >= 0.6 is 11.6 Å². The van der Waals surface area contributed by atoms with E-state index in [0.717, 1.165) is 5.56 Å². The normalized spacial score (nSPS) is 18.2. The highest BCUT2D eigenvalue weighted by molar-refractivity contribution is 6.30. The first-order chi connectivity index (χ1) is 14.7. The van der Waals surface area contributed by atoms with Crippen molar-refractivity contribution in [2.75, 3.05) is 0 Å². The second-order valence-corrected chi connectivity index (χ2v) is 8.22. The van der Waals surface area contributed by atoms with Gasteiger partial charge in [0, 0.05) is 17.0 Å². The number of nitrogens with one attached hydrogen (secondary N) is 1. The quantitative estimate of drug-likeness (QED) is 0.681. The number of hydrazone groups is 1. The lowest BCUT2D eigenvalue weighted by molar-refractivity contribution is 0.0234. The molecule has 0 radical (unpaired) electrons. The van der Waals surface area contributed by atoms with Crippen molar-refractivity contribution in [2.24, 2.45) is 5.10 Å². The highest BCUT2D eigenvalue weighted by Gasteiger charge is 2.50. The van der Waals surface area contributed by atoms with Crippen molar-refractivity contribution in [2.45, 2.75) is 52.0 Å². The molecular weight excluding hydrogens is 418 g/mol. The Labute approximate surface area is 187 Å². The van der Waals surface area contributed by atoms with Gasteiger partial charge in [0.15, 0.2) is 5.66 Å². The number of benzene rings is 2. The Morgan fingerprint density at radius 3 is 2.19 bits per heavy atom. The molecule has 0 aromatic heterocycles. The minimum Gasteiger partial charge on any atom is -0.447 e. The van der Waals surface area contributed by atoms with Crippen molar-refractivity contribution >= 4 is 29.5 Å². The number of ether oxygens (including phenoxy) is 2. The fourth-order valence-electron chi connectivity index (χ4n) is 3.33. The van der Waals surface area contributed by atoms with Crippen LogP contribution in [0.1, 0.15) is 45.2 Å². The Kier molecular flexibility index (Phi) is 6.85. The van der Waals surface area contributed by atoms with Crippen LogP contribution in [-0.2, 0) is 15.1 Å². The van der Waals surface area contributed by atoms with Gasteiger partial charge >= 0.3 is 12.2 Å². The van der Waals surface area contributed by atoms with E-state index in [9.17, 15) is 9.59 Å². The molecule has 3 rings (SSSR count). The average molecular weight is 444 g/mol. The smallest absolute Gasteiger partial charge is 0.433 e. The van der Waals surface area contributed by atoms with Crippen LogP contribution < -0.4 is 5.32 Å². The maximum atomic E-state index is 13.1. The molecule has 1 atom stereocenters. The third-order valence-corrected chi connectivity index (χ3v) is 4.85. The summed E-state index contributed by atoms with van der Waals surface area (Å²) in [7, 11) is 0. The van der Waals surface area contributed by atoms with E-state index in [2.05, 4.69) is 10.4 Å². The molecule has 0 bridgehead atoms. The fraction of sp³-hybridized carbons (Fsp3) is 0.348. The van der Waals surface area contributed by atoms with Crippen LogP contribution in [0.15, 0.2) is 59.7 Å². The van der Waals surface area contributed by atoms with Crippen LogP contribution in [0.2, 0.25) is 5.02 Å². The third-order valence-electron chi connectivity index (χ3n) is 4.60. The monoisotopic (exact) mass is 443 g/mol. The van der Waals surface area contributed by atoms with Crippen LogP contribution in [-0.4, -0.2) is 35.1 Å². The zero-order valence-corrected chi connectivity index (χ0v) is 18.7. The van der Waals surface area contributed by atoms with E-state index in [-0.39, 0.29) is 18.6 Å². The summed E-state index contributed by atoms with van der Waals surface area (Å²) in [4.78, 5) is 25.8. The molecule has 1 N–H and O–H groups in total. The molecule has 0 saturated heterocycles. The van der Waals surface area contributed by atoms with E-state index in [1.165, 1.54) is 5.01 Å². The van der Waals surface area contributed by atoms with Gasteiger partial charge in [0.2, 0.25) is 0 Å². The average Bonchev–Trinajstić information content (AvgIpc) is 3.08. The summed E-state index contributed by atoms with van der Waals surface area (Å²) >= 11 is 6.08. The van der Waals surface area contributed by atoms with Crippen molar-refractivity contribution in [3.63, 3.8) is 0 Å². The molecule has 1 unspecified atom stereocenters. The van der Waals surface area contributed by atoms with Gasteiger partial charge in [-0.15, -0.1) is 0 Å².